The van der Waals surface area contributed by atoms with Crippen molar-refractivity contribution in [2.24, 2.45) is 5.41 Å². The van der Waals surface area contributed by atoms with Gasteiger partial charge in [-0.05, 0) is 36.7 Å². The molecule has 0 fully saturated rings. The minimum Gasteiger partial charge on any atom is -0.481 e. The molecule has 1 atom stereocenters. The average molecular weight is 318 g/mol. The summed E-state index contributed by atoms with van der Waals surface area (Å²) in [4.78, 5) is 22.7. The van der Waals surface area contributed by atoms with Crippen molar-refractivity contribution in [3.8, 4) is 0 Å². The smallest absolute Gasteiger partial charge is 0.315 e. The first-order valence-corrected chi connectivity index (χ1v) is 8.89. The number of aliphatic carboxylic acids is 1. The highest BCUT2D eigenvalue weighted by Crippen LogP contribution is 2.22. The molecule has 0 aliphatic rings. The Morgan fingerprint density at radius 2 is 1.86 bits per heavy atom. The molecule has 1 unspecified atom stereocenters. The van der Waals surface area contributed by atoms with Gasteiger partial charge in [0.2, 0.25) is 0 Å². The summed E-state index contributed by atoms with van der Waals surface area (Å²) < 4.78 is 0. The van der Waals surface area contributed by atoms with E-state index < -0.39 is 5.97 Å². The van der Waals surface area contributed by atoms with Crippen LogP contribution in [0.2, 0.25) is 0 Å². The summed E-state index contributed by atoms with van der Waals surface area (Å²) in [5, 5.41) is 14.5. The van der Waals surface area contributed by atoms with Crippen molar-refractivity contribution >= 4 is 23.8 Å². The zero-order chi connectivity index (χ0) is 16.3. The molecule has 0 bridgehead atoms. The summed E-state index contributed by atoms with van der Waals surface area (Å²) in [6.45, 7) is 6.74. The Kier molecular flexibility index (Phi) is 10.3. The Bertz CT molecular complexity index is 317. The second-order valence-corrected chi connectivity index (χ2v) is 7.50. The van der Waals surface area contributed by atoms with Gasteiger partial charge in [-0.15, -0.1) is 0 Å². The number of carbonyl (C=O) groups is 2. The fourth-order valence-corrected chi connectivity index (χ4v) is 2.60. The minimum atomic E-state index is -0.887. The predicted molar refractivity (Wildman–Crippen MR) is 88.9 cm³/mol. The first-order valence-electron chi connectivity index (χ1n) is 7.49. The van der Waals surface area contributed by atoms with Gasteiger partial charge in [0.05, 0.1) is 6.42 Å². The second kappa shape index (κ2) is 10.8. The van der Waals surface area contributed by atoms with E-state index in [1.54, 1.807) is 0 Å². The number of carboxylic acids is 1. The standard InChI is InChI=1S/C15H30N2O3S/c1-15(2,3)11-12(10-13(18)19)17-14(20)16-8-6-5-7-9-21-4/h12H,5-11H2,1-4H3,(H,18,19)(H2,16,17,20). The van der Waals surface area contributed by atoms with Crippen molar-refractivity contribution in [1.29, 1.82) is 0 Å². The van der Waals surface area contributed by atoms with Gasteiger partial charge in [0.15, 0.2) is 0 Å². The Hall–Kier alpha value is -0.910. The van der Waals surface area contributed by atoms with Gasteiger partial charge in [-0.3, -0.25) is 4.79 Å². The van der Waals surface area contributed by atoms with Crippen molar-refractivity contribution in [2.45, 2.75) is 58.9 Å². The summed E-state index contributed by atoms with van der Waals surface area (Å²) in [5.41, 5.74) is -0.0226. The lowest BCUT2D eigenvalue weighted by Crippen LogP contribution is -2.44. The molecular weight excluding hydrogens is 288 g/mol. The molecule has 0 aliphatic heterocycles. The number of rotatable bonds is 10. The van der Waals surface area contributed by atoms with E-state index in [2.05, 4.69) is 16.9 Å². The maximum absolute atomic E-state index is 11.8. The van der Waals surface area contributed by atoms with Gasteiger partial charge in [0, 0.05) is 12.6 Å². The topological polar surface area (TPSA) is 78.4 Å². The molecule has 0 saturated carbocycles. The van der Waals surface area contributed by atoms with Crippen LogP contribution in [0.25, 0.3) is 0 Å². The molecule has 0 heterocycles. The highest BCUT2D eigenvalue weighted by Gasteiger charge is 2.22. The molecule has 21 heavy (non-hydrogen) atoms. The maximum atomic E-state index is 11.8. The molecule has 0 spiro atoms. The second-order valence-electron chi connectivity index (χ2n) is 6.51. The molecule has 0 aromatic carbocycles. The third kappa shape index (κ3) is 13.8. The van der Waals surface area contributed by atoms with Crippen molar-refractivity contribution in [2.75, 3.05) is 18.6 Å². The van der Waals surface area contributed by atoms with Gasteiger partial charge < -0.3 is 15.7 Å². The zero-order valence-corrected chi connectivity index (χ0v) is 14.5. The van der Waals surface area contributed by atoms with Gasteiger partial charge >= 0.3 is 12.0 Å². The number of carbonyl (C=O) groups excluding carboxylic acids is 1. The molecule has 0 aliphatic carbocycles. The molecule has 3 N–H and O–H groups in total. The van der Waals surface area contributed by atoms with Crippen LogP contribution in [0.15, 0.2) is 0 Å². The molecule has 0 aromatic heterocycles. The average Bonchev–Trinajstić information content (AvgIpc) is 2.30. The van der Waals surface area contributed by atoms with E-state index in [-0.39, 0.29) is 23.9 Å². The van der Waals surface area contributed by atoms with Crippen molar-refractivity contribution < 1.29 is 14.7 Å². The largest absolute Gasteiger partial charge is 0.481 e. The monoisotopic (exact) mass is 318 g/mol. The highest BCUT2D eigenvalue weighted by molar-refractivity contribution is 7.98. The Morgan fingerprint density at radius 3 is 2.38 bits per heavy atom. The number of amides is 2. The van der Waals surface area contributed by atoms with Crippen LogP contribution in [0.5, 0.6) is 0 Å². The fourth-order valence-electron chi connectivity index (χ4n) is 2.11. The van der Waals surface area contributed by atoms with Crippen LogP contribution in [0.4, 0.5) is 4.79 Å². The van der Waals surface area contributed by atoms with Crippen LogP contribution in [0.1, 0.15) is 52.9 Å². The van der Waals surface area contributed by atoms with Gasteiger partial charge in [-0.25, -0.2) is 4.79 Å². The van der Waals surface area contributed by atoms with Crippen LogP contribution < -0.4 is 10.6 Å². The molecular formula is C15H30N2O3S. The van der Waals surface area contributed by atoms with Crippen LogP contribution in [0, 0.1) is 5.41 Å². The number of hydrogen-bond donors (Lipinski definition) is 3. The lowest BCUT2D eigenvalue weighted by Gasteiger charge is -2.25. The zero-order valence-electron chi connectivity index (χ0n) is 13.7. The minimum absolute atomic E-state index is 0.0226. The van der Waals surface area contributed by atoms with E-state index in [0.717, 1.165) is 25.0 Å². The lowest BCUT2D eigenvalue weighted by atomic mass is 9.87. The number of unbranched alkanes of at least 4 members (excludes halogenated alkanes) is 2. The Labute approximate surface area is 132 Å². The molecule has 0 saturated heterocycles. The number of urea groups is 1. The van der Waals surface area contributed by atoms with E-state index in [0.29, 0.717) is 13.0 Å². The number of hydrogen-bond acceptors (Lipinski definition) is 3. The normalized spacial score (nSPS) is 12.8. The van der Waals surface area contributed by atoms with E-state index in [1.807, 2.05) is 32.5 Å². The predicted octanol–water partition coefficient (Wildman–Crippen LogP) is 3.10. The van der Waals surface area contributed by atoms with Crippen molar-refractivity contribution in [1.82, 2.24) is 10.6 Å². The molecule has 0 rings (SSSR count). The summed E-state index contributed by atoms with van der Waals surface area (Å²) >= 11 is 1.83. The summed E-state index contributed by atoms with van der Waals surface area (Å²) in [5.74, 6) is 0.264. The van der Waals surface area contributed by atoms with E-state index in [9.17, 15) is 9.59 Å². The van der Waals surface area contributed by atoms with Crippen molar-refractivity contribution in [3.05, 3.63) is 0 Å². The van der Waals surface area contributed by atoms with E-state index in [4.69, 9.17) is 5.11 Å². The van der Waals surface area contributed by atoms with Gasteiger partial charge in [0.1, 0.15) is 0 Å². The van der Waals surface area contributed by atoms with Crippen LogP contribution in [0.3, 0.4) is 0 Å². The van der Waals surface area contributed by atoms with Gasteiger partial charge in [-0.1, -0.05) is 27.2 Å². The molecule has 124 valence electrons. The number of carboxylic acid groups (broad SMARTS) is 1. The quantitative estimate of drug-likeness (QED) is 0.541. The van der Waals surface area contributed by atoms with Crippen LogP contribution in [-0.4, -0.2) is 41.7 Å². The van der Waals surface area contributed by atoms with Crippen LogP contribution in [-0.2, 0) is 4.79 Å². The molecule has 0 radical (unpaired) electrons. The summed E-state index contributed by atoms with van der Waals surface area (Å²) in [6, 6.07) is -0.602. The molecule has 5 nitrogen and oxygen atoms in total. The lowest BCUT2D eigenvalue weighted by molar-refractivity contribution is -0.137. The highest BCUT2D eigenvalue weighted by atomic mass is 32.2. The molecule has 0 aromatic rings. The van der Waals surface area contributed by atoms with E-state index in [1.165, 1.54) is 0 Å². The third-order valence-electron chi connectivity index (χ3n) is 2.93. The molecule has 2 amide bonds. The Morgan fingerprint density at radius 1 is 1.19 bits per heavy atom. The third-order valence-corrected chi connectivity index (χ3v) is 3.62. The van der Waals surface area contributed by atoms with Crippen LogP contribution >= 0.6 is 11.8 Å². The summed E-state index contributed by atoms with van der Waals surface area (Å²) in [6.07, 6.45) is 5.90. The first kappa shape index (κ1) is 20.1. The van der Waals surface area contributed by atoms with E-state index >= 15 is 0 Å². The SMILES string of the molecule is CSCCCCCNC(=O)NC(CC(=O)O)CC(C)(C)C. The first-order chi connectivity index (χ1) is 9.74. The number of thioether (sulfide) groups is 1. The summed E-state index contributed by atoms with van der Waals surface area (Å²) in [7, 11) is 0. The Balaban J connectivity index is 4.01. The fraction of sp³-hybridized carbons (Fsp3) is 0.867. The maximum Gasteiger partial charge on any atom is 0.315 e. The van der Waals surface area contributed by atoms with Gasteiger partial charge in [-0.2, -0.15) is 11.8 Å². The van der Waals surface area contributed by atoms with Crippen molar-refractivity contribution in [3.63, 3.8) is 0 Å². The number of nitrogens with one attached hydrogen (secondary N) is 2. The van der Waals surface area contributed by atoms with Gasteiger partial charge in [0.25, 0.3) is 0 Å². The molecule has 6 heteroatoms.